The van der Waals surface area contributed by atoms with Crippen LogP contribution in [-0.2, 0) is 6.42 Å². The van der Waals surface area contributed by atoms with Crippen LogP contribution in [-0.4, -0.2) is 21.1 Å². The zero-order chi connectivity index (χ0) is 12.1. The van der Waals surface area contributed by atoms with E-state index in [1.54, 1.807) is 13.1 Å². The highest BCUT2D eigenvalue weighted by molar-refractivity contribution is 5.38. The Morgan fingerprint density at radius 1 is 1.62 bits per heavy atom. The van der Waals surface area contributed by atoms with Crippen molar-refractivity contribution in [3.8, 4) is 0 Å². The first-order chi connectivity index (χ1) is 7.54. The van der Waals surface area contributed by atoms with Crippen molar-refractivity contribution in [2.24, 2.45) is 0 Å². The van der Waals surface area contributed by atoms with Gasteiger partial charge in [-0.2, -0.15) is 0 Å². The van der Waals surface area contributed by atoms with Crippen LogP contribution in [0.1, 0.15) is 31.0 Å². The summed E-state index contributed by atoms with van der Waals surface area (Å²) >= 11 is 0. The predicted molar refractivity (Wildman–Crippen MR) is 60.2 cm³/mol. The molecule has 0 radical (unpaired) electrons. The fraction of sp³-hybridized carbons (Fsp3) is 0.545. The van der Waals surface area contributed by atoms with Gasteiger partial charge in [0.25, 0.3) is 5.69 Å². The summed E-state index contributed by atoms with van der Waals surface area (Å²) in [5.41, 5.74) is 1.10. The molecule has 1 atom stereocenters. The van der Waals surface area contributed by atoms with E-state index in [4.69, 9.17) is 0 Å². The van der Waals surface area contributed by atoms with Crippen molar-refractivity contribution < 1.29 is 10.0 Å². The molecule has 1 aromatic heterocycles. The number of aromatic nitrogens is 1. The molecule has 1 N–H and O–H groups in total. The first kappa shape index (κ1) is 12.6. The van der Waals surface area contributed by atoms with E-state index in [-0.39, 0.29) is 12.1 Å². The Bertz CT molecular complexity index is 379. The number of hydrogen-bond donors (Lipinski definition) is 1. The molecule has 1 rings (SSSR count). The average Bonchev–Trinajstić information content (AvgIpc) is 2.20. The maximum Gasteiger partial charge on any atom is 0.291 e. The molecule has 5 nitrogen and oxygen atoms in total. The highest BCUT2D eigenvalue weighted by Gasteiger charge is 2.17. The maximum absolute atomic E-state index is 10.8. The lowest BCUT2D eigenvalue weighted by Gasteiger charge is -2.08. The van der Waals surface area contributed by atoms with E-state index < -0.39 is 11.0 Å². The van der Waals surface area contributed by atoms with Gasteiger partial charge in [0.2, 0.25) is 0 Å². The molecule has 88 valence electrons. The molecule has 16 heavy (non-hydrogen) atoms. The van der Waals surface area contributed by atoms with Gasteiger partial charge in [-0.05, 0) is 18.9 Å². The minimum Gasteiger partial charge on any atom is -0.393 e. The molecule has 1 heterocycles. The van der Waals surface area contributed by atoms with Crippen molar-refractivity contribution in [2.75, 3.05) is 0 Å². The van der Waals surface area contributed by atoms with Crippen molar-refractivity contribution in [2.45, 2.75) is 39.2 Å². The molecule has 0 spiro atoms. The van der Waals surface area contributed by atoms with Crippen LogP contribution in [0, 0.1) is 17.0 Å². The standard InChI is InChI=1S/C11H16N2O3/c1-3-4-9(14)6-10-11(13(15)16)5-8(2)7-12-10/h5,7,9,14H,3-4,6H2,1-2H3. The van der Waals surface area contributed by atoms with Crippen molar-refractivity contribution >= 4 is 5.69 Å². The molecule has 1 unspecified atom stereocenters. The van der Waals surface area contributed by atoms with Crippen LogP contribution in [0.2, 0.25) is 0 Å². The number of aryl methyl sites for hydroxylation is 1. The quantitative estimate of drug-likeness (QED) is 0.613. The number of rotatable bonds is 5. The van der Waals surface area contributed by atoms with Gasteiger partial charge in [-0.3, -0.25) is 15.1 Å². The molecule has 0 aromatic carbocycles. The first-order valence-electron chi connectivity index (χ1n) is 5.32. The Labute approximate surface area is 94.3 Å². The highest BCUT2D eigenvalue weighted by Crippen LogP contribution is 2.19. The topological polar surface area (TPSA) is 76.3 Å². The van der Waals surface area contributed by atoms with Crippen molar-refractivity contribution in [3.05, 3.63) is 33.6 Å². The van der Waals surface area contributed by atoms with E-state index in [0.717, 1.165) is 12.0 Å². The van der Waals surface area contributed by atoms with Gasteiger partial charge < -0.3 is 5.11 Å². The summed E-state index contributed by atoms with van der Waals surface area (Å²) < 4.78 is 0. The number of nitrogens with zero attached hydrogens (tertiary/aromatic N) is 2. The molecule has 0 fully saturated rings. The van der Waals surface area contributed by atoms with Crippen molar-refractivity contribution in [1.82, 2.24) is 4.98 Å². The van der Waals surface area contributed by atoms with Crippen LogP contribution in [0.25, 0.3) is 0 Å². The second kappa shape index (κ2) is 5.55. The average molecular weight is 224 g/mol. The fourth-order valence-corrected chi connectivity index (χ4v) is 1.56. The maximum atomic E-state index is 10.8. The third-order valence-corrected chi connectivity index (χ3v) is 2.33. The Balaban J connectivity index is 2.90. The Morgan fingerprint density at radius 2 is 2.31 bits per heavy atom. The highest BCUT2D eigenvalue weighted by atomic mass is 16.6. The van der Waals surface area contributed by atoms with Gasteiger partial charge in [0, 0.05) is 18.7 Å². The Hall–Kier alpha value is -1.49. The van der Waals surface area contributed by atoms with Crippen LogP contribution in [0.15, 0.2) is 12.3 Å². The molecular formula is C11H16N2O3. The molecule has 0 bridgehead atoms. The largest absolute Gasteiger partial charge is 0.393 e. The fourth-order valence-electron chi connectivity index (χ4n) is 1.56. The summed E-state index contributed by atoms with van der Waals surface area (Å²) in [6.07, 6.45) is 2.75. The zero-order valence-electron chi connectivity index (χ0n) is 9.51. The lowest BCUT2D eigenvalue weighted by Crippen LogP contribution is -2.12. The zero-order valence-corrected chi connectivity index (χ0v) is 9.51. The van der Waals surface area contributed by atoms with Crippen LogP contribution >= 0.6 is 0 Å². The SMILES string of the molecule is CCCC(O)Cc1ncc(C)cc1[N+](=O)[O-]. The van der Waals surface area contributed by atoms with E-state index in [0.29, 0.717) is 12.1 Å². The molecule has 0 aliphatic carbocycles. The van der Waals surface area contributed by atoms with Crippen LogP contribution < -0.4 is 0 Å². The summed E-state index contributed by atoms with van der Waals surface area (Å²) in [5, 5.41) is 20.4. The van der Waals surface area contributed by atoms with Crippen molar-refractivity contribution in [3.63, 3.8) is 0 Å². The summed E-state index contributed by atoms with van der Waals surface area (Å²) in [6.45, 7) is 3.71. The molecule has 0 amide bonds. The molecule has 0 saturated heterocycles. The molecular weight excluding hydrogens is 208 g/mol. The predicted octanol–water partition coefficient (Wildman–Crippen LogP) is 2.00. The van der Waals surface area contributed by atoms with Gasteiger partial charge >= 0.3 is 0 Å². The monoisotopic (exact) mass is 224 g/mol. The van der Waals surface area contributed by atoms with Gasteiger partial charge in [0.05, 0.1) is 11.0 Å². The third-order valence-electron chi connectivity index (χ3n) is 2.33. The molecule has 0 aliphatic heterocycles. The molecule has 5 heteroatoms. The van der Waals surface area contributed by atoms with Gasteiger partial charge in [0.1, 0.15) is 5.69 Å². The second-order valence-corrected chi connectivity index (χ2v) is 3.88. The smallest absolute Gasteiger partial charge is 0.291 e. The van der Waals surface area contributed by atoms with E-state index >= 15 is 0 Å². The number of aliphatic hydroxyl groups is 1. The summed E-state index contributed by atoms with van der Waals surface area (Å²) in [5.74, 6) is 0. The number of nitro groups is 1. The summed E-state index contributed by atoms with van der Waals surface area (Å²) in [4.78, 5) is 14.4. The minimum atomic E-state index is -0.557. The summed E-state index contributed by atoms with van der Waals surface area (Å²) in [7, 11) is 0. The van der Waals surface area contributed by atoms with E-state index in [1.165, 1.54) is 6.07 Å². The normalized spacial score (nSPS) is 12.4. The van der Waals surface area contributed by atoms with Crippen LogP contribution in [0.3, 0.4) is 0 Å². The van der Waals surface area contributed by atoms with Crippen LogP contribution in [0.4, 0.5) is 5.69 Å². The summed E-state index contributed by atoms with van der Waals surface area (Å²) in [6, 6.07) is 1.49. The lowest BCUT2D eigenvalue weighted by molar-refractivity contribution is -0.386. The first-order valence-corrected chi connectivity index (χ1v) is 5.32. The van der Waals surface area contributed by atoms with E-state index in [1.807, 2.05) is 6.92 Å². The van der Waals surface area contributed by atoms with Crippen molar-refractivity contribution in [1.29, 1.82) is 0 Å². The minimum absolute atomic E-state index is 0.00449. The number of aliphatic hydroxyl groups excluding tert-OH is 1. The van der Waals surface area contributed by atoms with Gasteiger partial charge in [-0.15, -0.1) is 0 Å². The second-order valence-electron chi connectivity index (χ2n) is 3.88. The van der Waals surface area contributed by atoms with Crippen LogP contribution in [0.5, 0.6) is 0 Å². The third kappa shape index (κ3) is 3.27. The number of hydrogen-bond acceptors (Lipinski definition) is 4. The Morgan fingerprint density at radius 3 is 2.88 bits per heavy atom. The molecule has 1 aromatic rings. The Kier molecular flexibility index (Phi) is 4.37. The lowest BCUT2D eigenvalue weighted by atomic mass is 10.1. The molecule has 0 aliphatic rings. The molecule has 0 saturated carbocycles. The number of pyridine rings is 1. The van der Waals surface area contributed by atoms with E-state index in [2.05, 4.69) is 4.98 Å². The van der Waals surface area contributed by atoms with E-state index in [9.17, 15) is 15.2 Å². The van der Waals surface area contributed by atoms with Gasteiger partial charge in [-0.25, -0.2) is 0 Å². The van der Waals surface area contributed by atoms with Gasteiger partial charge in [0.15, 0.2) is 0 Å². The van der Waals surface area contributed by atoms with Gasteiger partial charge in [-0.1, -0.05) is 13.3 Å².